The van der Waals surface area contributed by atoms with Gasteiger partial charge in [-0.1, -0.05) is 54.8 Å². The van der Waals surface area contributed by atoms with Crippen molar-refractivity contribution in [2.45, 2.75) is 52.0 Å². The van der Waals surface area contributed by atoms with Gasteiger partial charge in [0.05, 0.1) is 12.6 Å². The molecule has 3 aromatic rings. The second-order valence-corrected chi connectivity index (χ2v) is 7.60. The molecule has 1 atom stereocenters. The van der Waals surface area contributed by atoms with E-state index in [-0.39, 0.29) is 6.61 Å². The maximum atomic E-state index is 9.15. The average Bonchev–Trinajstić information content (AvgIpc) is 3.34. The first-order valence-corrected chi connectivity index (χ1v) is 10.1. The molecule has 0 fully saturated rings. The Balaban J connectivity index is 1.73. The van der Waals surface area contributed by atoms with Crippen LogP contribution < -0.4 is 5.73 Å². The number of aryl methyl sites for hydroxylation is 2. The fourth-order valence-electron chi connectivity index (χ4n) is 2.80. The molecule has 0 aliphatic heterocycles. The third-order valence-corrected chi connectivity index (χ3v) is 5.49. The minimum Gasteiger partial charge on any atom is -0.394 e. The van der Waals surface area contributed by atoms with Crippen LogP contribution >= 0.6 is 11.3 Å². The second-order valence-electron chi connectivity index (χ2n) is 6.59. The molecule has 3 rings (SSSR count). The molecule has 0 amide bonds. The molecule has 0 spiro atoms. The minimum atomic E-state index is -0.494. The lowest BCUT2D eigenvalue weighted by molar-refractivity contribution is 0.267. The Labute approximate surface area is 162 Å². The molecule has 7 nitrogen and oxygen atoms in total. The van der Waals surface area contributed by atoms with E-state index in [9.17, 15) is 0 Å². The third kappa shape index (κ3) is 4.77. The van der Waals surface area contributed by atoms with Crippen molar-refractivity contribution in [3.8, 4) is 22.0 Å². The summed E-state index contributed by atoms with van der Waals surface area (Å²) in [5.74, 6) is 1.31. The highest BCUT2D eigenvalue weighted by atomic mass is 32.1. The van der Waals surface area contributed by atoms with Gasteiger partial charge in [0.1, 0.15) is 10.0 Å². The van der Waals surface area contributed by atoms with Gasteiger partial charge in [-0.05, 0) is 25.0 Å². The number of hydrogen-bond acceptors (Lipinski definition) is 8. The first kappa shape index (κ1) is 19.6. The average molecular weight is 388 g/mol. The Bertz CT molecular complexity index is 877. The first-order chi connectivity index (χ1) is 13.1. The topological polar surface area (TPSA) is 111 Å². The fourth-order valence-corrected chi connectivity index (χ4v) is 3.63. The molecule has 8 heteroatoms. The number of aromatic nitrogens is 4. The van der Waals surface area contributed by atoms with Gasteiger partial charge in [0, 0.05) is 17.5 Å². The van der Waals surface area contributed by atoms with Crippen molar-refractivity contribution < 1.29 is 9.63 Å². The summed E-state index contributed by atoms with van der Waals surface area (Å²) in [6, 6.07) is 5.48. The van der Waals surface area contributed by atoms with Gasteiger partial charge in [-0.25, -0.2) is 0 Å². The molecule has 1 aromatic carbocycles. The quantitative estimate of drug-likeness (QED) is 0.539. The van der Waals surface area contributed by atoms with Gasteiger partial charge in [0.15, 0.2) is 0 Å². The monoisotopic (exact) mass is 387 g/mol. The van der Waals surface area contributed by atoms with Gasteiger partial charge in [-0.3, -0.25) is 0 Å². The van der Waals surface area contributed by atoms with Crippen LogP contribution in [0.5, 0.6) is 0 Å². The van der Waals surface area contributed by atoms with Crippen LogP contribution in [-0.4, -0.2) is 32.1 Å². The minimum absolute atomic E-state index is 0.148. The fraction of sp³-hybridized carbons (Fsp3) is 0.474. The lowest BCUT2D eigenvalue weighted by Gasteiger charge is -2.03. The van der Waals surface area contributed by atoms with E-state index in [0.717, 1.165) is 34.5 Å². The largest absolute Gasteiger partial charge is 0.394 e. The second kappa shape index (κ2) is 9.16. The van der Waals surface area contributed by atoms with Gasteiger partial charge < -0.3 is 15.4 Å². The van der Waals surface area contributed by atoms with Crippen molar-refractivity contribution in [3.63, 3.8) is 0 Å². The van der Waals surface area contributed by atoms with Gasteiger partial charge in [-0.2, -0.15) is 4.98 Å². The van der Waals surface area contributed by atoms with Crippen molar-refractivity contribution in [1.82, 2.24) is 20.3 Å². The summed E-state index contributed by atoms with van der Waals surface area (Å²) >= 11 is 1.39. The number of nitrogens with zero attached hydrogens (tertiary/aromatic N) is 4. The number of rotatable bonds is 9. The zero-order chi connectivity index (χ0) is 19.2. The van der Waals surface area contributed by atoms with Crippen LogP contribution in [0.3, 0.4) is 0 Å². The number of aliphatic hydroxyl groups is 1. The van der Waals surface area contributed by atoms with E-state index in [0.29, 0.717) is 16.7 Å². The van der Waals surface area contributed by atoms with Crippen molar-refractivity contribution >= 4 is 11.3 Å². The molecule has 27 heavy (non-hydrogen) atoms. The van der Waals surface area contributed by atoms with Crippen LogP contribution in [-0.2, 0) is 6.42 Å². The van der Waals surface area contributed by atoms with Gasteiger partial charge in [0.2, 0.25) is 11.7 Å². The standard InChI is InChI=1S/C19H25N5O2S/c1-3-4-5-6-7-16-21-17(24-26-16)14-9-8-13(10-12(14)2)18-22-23-19(27-18)15(20)11-25/h8-10,15,25H,3-7,11,20H2,1-2H3. The number of aliphatic hydroxyl groups excluding tert-OH is 1. The highest BCUT2D eigenvalue weighted by molar-refractivity contribution is 7.14. The van der Waals surface area contributed by atoms with Crippen LogP contribution in [0.2, 0.25) is 0 Å². The van der Waals surface area contributed by atoms with Crippen LogP contribution in [0.4, 0.5) is 0 Å². The maximum Gasteiger partial charge on any atom is 0.226 e. The number of nitrogens with two attached hydrogens (primary N) is 1. The smallest absolute Gasteiger partial charge is 0.226 e. The van der Waals surface area contributed by atoms with Crippen molar-refractivity contribution in [2.75, 3.05) is 6.61 Å². The van der Waals surface area contributed by atoms with Crippen molar-refractivity contribution in [3.05, 3.63) is 34.7 Å². The highest BCUT2D eigenvalue weighted by Gasteiger charge is 2.15. The predicted molar refractivity (Wildman–Crippen MR) is 105 cm³/mol. The van der Waals surface area contributed by atoms with Crippen molar-refractivity contribution in [2.24, 2.45) is 5.73 Å². The van der Waals surface area contributed by atoms with Crippen LogP contribution in [0.1, 0.15) is 55.1 Å². The number of hydrogen-bond donors (Lipinski definition) is 2. The van der Waals surface area contributed by atoms with E-state index in [4.69, 9.17) is 15.4 Å². The molecule has 2 heterocycles. The lowest BCUT2D eigenvalue weighted by atomic mass is 10.0. The van der Waals surface area contributed by atoms with E-state index in [1.165, 1.54) is 30.6 Å². The van der Waals surface area contributed by atoms with E-state index in [1.54, 1.807) is 0 Å². The summed E-state index contributed by atoms with van der Waals surface area (Å²) in [5, 5.41) is 22.9. The highest BCUT2D eigenvalue weighted by Crippen LogP contribution is 2.30. The Kier molecular flexibility index (Phi) is 6.65. The van der Waals surface area contributed by atoms with Gasteiger partial charge >= 0.3 is 0 Å². The summed E-state index contributed by atoms with van der Waals surface area (Å²) < 4.78 is 5.39. The van der Waals surface area contributed by atoms with E-state index >= 15 is 0 Å². The summed E-state index contributed by atoms with van der Waals surface area (Å²) in [6.07, 6.45) is 5.53. The molecule has 144 valence electrons. The van der Waals surface area contributed by atoms with Crippen LogP contribution in [0.15, 0.2) is 22.7 Å². The predicted octanol–water partition coefficient (Wildman–Crippen LogP) is 3.68. The van der Waals surface area contributed by atoms with Crippen LogP contribution in [0, 0.1) is 6.92 Å². The Hall–Kier alpha value is -2.16. The molecule has 0 bridgehead atoms. The zero-order valence-electron chi connectivity index (χ0n) is 15.7. The number of unbranched alkanes of at least 4 members (excludes halogenated alkanes) is 3. The first-order valence-electron chi connectivity index (χ1n) is 9.26. The Morgan fingerprint density at radius 3 is 2.81 bits per heavy atom. The molecule has 3 N–H and O–H groups in total. The molecular formula is C19H25N5O2S. The summed E-state index contributed by atoms with van der Waals surface area (Å²) in [7, 11) is 0. The molecule has 0 saturated carbocycles. The third-order valence-electron chi connectivity index (χ3n) is 4.38. The number of benzene rings is 1. The van der Waals surface area contributed by atoms with Crippen molar-refractivity contribution in [1.29, 1.82) is 0 Å². The molecule has 0 saturated heterocycles. The zero-order valence-corrected chi connectivity index (χ0v) is 16.5. The molecule has 0 aliphatic carbocycles. The summed E-state index contributed by atoms with van der Waals surface area (Å²) in [4.78, 5) is 4.53. The Morgan fingerprint density at radius 1 is 1.22 bits per heavy atom. The van der Waals surface area contributed by atoms with Crippen LogP contribution in [0.25, 0.3) is 22.0 Å². The molecule has 0 radical (unpaired) electrons. The normalized spacial score (nSPS) is 12.4. The van der Waals surface area contributed by atoms with Gasteiger partial charge in [0.25, 0.3) is 0 Å². The van der Waals surface area contributed by atoms with E-state index < -0.39 is 6.04 Å². The molecule has 2 aromatic heterocycles. The molecular weight excluding hydrogens is 362 g/mol. The Morgan fingerprint density at radius 2 is 2.07 bits per heavy atom. The molecule has 0 aliphatic rings. The SMILES string of the molecule is CCCCCCc1nc(-c2ccc(-c3nnc(C(N)CO)s3)cc2C)no1. The summed E-state index contributed by atoms with van der Waals surface area (Å²) in [6.45, 7) is 4.06. The van der Waals surface area contributed by atoms with E-state index in [1.807, 2.05) is 25.1 Å². The summed E-state index contributed by atoms with van der Waals surface area (Å²) in [5.41, 5.74) is 8.73. The maximum absolute atomic E-state index is 9.15. The lowest BCUT2D eigenvalue weighted by Crippen LogP contribution is -2.13. The molecule has 1 unspecified atom stereocenters. The van der Waals surface area contributed by atoms with Gasteiger partial charge in [-0.15, -0.1) is 10.2 Å². The van der Waals surface area contributed by atoms with E-state index in [2.05, 4.69) is 27.3 Å².